The Labute approximate surface area is 91.5 Å². The molecule has 0 aliphatic carbocycles. The molecule has 0 amide bonds. The molecule has 0 spiro atoms. The number of rotatable bonds is 2. The van der Waals surface area contributed by atoms with Gasteiger partial charge in [0.15, 0.2) is 0 Å². The molecule has 0 saturated carbocycles. The second-order valence-electron chi connectivity index (χ2n) is 3.06. The second-order valence-corrected chi connectivity index (χ2v) is 3.94. The first-order valence-corrected chi connectivity index (χ1v) is 5.71. The number of benzene rings is 1. The Morgan fingerprint density at radius 1 is 1.20 bits per heavy atom. The highest BCUT2D eigenvalue weighted by Crippen LogP contribution is 2.21. The minimum atomic E-state index is -0.179. The summed E-state index contributed by atoms with van der Waals surface area (Å²) in [5, 5.41) is 6.11. The summed E-state index contributed by atoms with van der Waals surface area (Å²) < 4.78 is 0. The van der Waals surface area contributed by atoms with Crippen molar-refractivity contribution in [2.45, 2.75) is 4.90 Å². The van der Waals surface area contributed by atoms with Crippen LogP contribution in [0.5, 0.6) is 0 Å². The van der Waals surface area contributed by atoms with Crippen LogP contribution in [0.3, 0.4) is 0 Å². The molecule has 1 N–H and O–H groups in total. The van der Waals surface area contributed by atoms with E-state index in [1.54, 1.807) is 24.0 Å². The van der Waals surface area contributed by atoms with Crippen LogP contribution in [0.2, 0.25) is 0 Å². The molecule has 0 atom stereocenters. The summed E-state index contributed by atoms with van der Waals surface area (Å²) in [5.74, 6) is 0. The standard InChI is InChI=1S/C11H10N2OS/c1-15-10-4-2-8(3-5-10)9-6-11(14)13-12-7-9/h2-7H,1H3,(H,13,14). The predicted octanol–water partition coefficient (Wildman–Crippen LogP) is 2.16. The first kappa shape index (κ1) is 9.98. The van der Waals surface area contributed by atoms with Crippen molar-refractivity contribution >= 4 is 11.8 Å². The van der Waals surface area contributed by atoms with Gasteiger partial charge in [0.2, 0.25) is 0 Å². The maximum atomic E-state index is 11.1. The Hall–Kier alpha value is -1.55. The van der Waals surface area contributed by atoms with Crippen molar-refractivity contribution in [2.75, 3.05) is 6.26 Å². The van der Waals surface area contributed by atoms with Gasteiger partial charge in [-0.1, -0.05) is 12.1 Å². The summed E-state index contributed by atoms with van der Waals surface area (Å²) in [7, 11) is 0. The van der Waals surface area contributed by atoms with E-state index in [0.29, 0.717) is 0 Å². The molecular weight excluding hydrogens is 208 g/mol. The number of nitrogens with zero attached hydrogens (tertiary/aromatic N) is 1. The lowest BCUT2D eigenvalue weighted by atomic mass is 10.1. The molecule has 0 aliphatic heterocycles. The number of nitrogens with one attached hydrogen (secondary N) is 1. The number of aromatic nitrogens is 2. The average Bonchev–Trinajstić information content (AvgIpc) is 2.29. The van der Waals surface area contributed by atoms with Crippen LogP contribution in [0.25, 0.3) is 11.1 Å². The predicted molar refractivity (Wildman–Crippen MR) is 62.1 cm³/mol. The average molecular weight is 218 g/mol. The quantitative estimate of drug-likeness (QED) is 0.786. The number of H-pyrrole nitrogens is 1. The van der Waals surface area contributed by atoms with Crippen molar-refractivity contribution in [3.05, 3.63) is 46.9 Å². The lowest BCUT2D eigenvalue weighted by molar-refractivity contribution is 0.991. The molecule has 2 rings (SSSR count). The fraction of sp³-hybridized carbons (Fsp3) is 0.0909. The van der Waals surface area contributed by atoms with Crippen LogP contribution in [0.15, 0.2) is 46.2 Å². The molecule has 1 heterocycles. The molecule has 76 valence electrons. The molecule has 2 aromatic rings. The van der Waals surface area contributed by atoms with Gasteiger partial charge >= 0.3 is 0 Å². The number of hydrogen-bond donors (Lipinski definition) is 1. The van der Waals surface area contributed by atoms with Gasteiger partial charge in [0.05, 0.1) is 6.20 Å². The van der Waals surface area contributed by atoms with Gasteiger partial charge in [-0.15, -0.1) is 11.8 Å². The van der Waals surface area contributed by atoms with Crippen LogP contribution in [-0.4, -0.2) is 16.5 Å². The Balaban J connectivity index is 2.41. The zero-order chi connectivity index (χ0) is 10.7. The summed E-state index contributed by atoms with van der Waals surface area (Å²) in [6, 6.07) is 9.58. The molecule has 0 saturated heterocycles. The minimum Gasteiger partial charge on any atom is -0.268 e. The lowest BCUT2D eigenvalue weighted by Crippen LogP contribution is -2.05. The third-order valence-corrected chi connectivity index (χ3v) is 2.83. The summed E-state index contributed by atoms with van der Waals surface area (Å²) >= 11 is 1.69. The molecule has 0 fully saturated rings. The van der Waals surface area contributed by atoms with Gasteiger partial charge in [0.1, 0.15) is 0 Å². The van der Waals surface area contributed by atoms with Crippen molar-refractivity contribution in [2.24, 2.45) is 0 Å². The van der Waals surface area contributed by atoms with Crippen LogP contribution >= 0.6 is 11.8 Å². The van der Waals surface area contributed by atoms with E-state index in [-0.39, 0.29) is 5.56 Å². The van der Waals surface area contributed by atoms with Crippen LogP contribution < -0.4 is 5.56 Å². The van der Waals surface area contributed by atoms with Gasteiger partial charge in [-0.25, -0.2) is 5.10 Å². The molecule has 0 bridgehead atoms. The van der Waals surface area contributed by atoms with E-state index in [1.165, 1.54) is 4.90 Å². The Bertz CT molecular complexity index is 504. The first-order valence-electron chi connectivity index (χ1n) is 4.49. The summed E-state index contributed by atoms with van der Waals surface area (Å²) in [5.41, 5.74) is 1.67. The van der Waals surface area contributed by atoms with Gasteiger partial charge in [0.25, 0.3) is 5.56 Å². The highest BCUT2D eigenvalue weighted by atomic mass is 32.2. The fourth-order valence-corrected chi connectivity index (χ4v) is 1.73. The third-order valence-electron chi connectivity index (χ3n) is 2.09. The monoisotopic (exact) mass is 218 g/mol. The molecule has 15 heavy (non-hydrogen) atoms. The Morgan fingerprint density at radius 3 is 2.53 bits per heavy atom. The molecule has 0 radical (unpaired) electrons. The molecule has 3 nitrogen and oxygen atoms in total. The number of thioether (sulfide) groups is 1. The Kier molecular flexibility index (Phi) is 2.87. The Morgan fingerprint density at radius 2 is 1.93 bits per heavy atom. The van der Waals surface area contributed by atoms with Crippen LogP contribution in [0.4, 0.5) is 0 Å². The second kappa shape index (κ2) is 4.31. The van der Waals surface area contributed by atoms with E-state index in [4.69, 9.17) is 0 Å². The molecule has 0 unspecified atom stereocenters. The summed E-state index contributed by atoms with van der Waals surface area (Å²) in [6.07, 6.45) is 3.68. The van der Waals surface area contributed by atoms with E-state index >= 15 is 0 Å². The lowest BCUT2D eigenvalue weighted by Gasteiger charge is -2.01. The van der Waals surface area contributed by atoms with Crippen molar-refractivity contribution in [1.29, 1.82) is 0 Å². The highest BCUT2D eigenvalue weighted by Gasteiger charge is 1.98. The van der Waals surface area contributed by atoms with E-state index in [2.05, 4.69) is 10.2 Å². The van der Waals surface area contributed by atoms with Gasteiger partial charge in [0, 0.05) is 16.5 Å². The van der Waals surface area contributed by atoms with Gasteiger partial charge < -0.3 is 0 Å². The van der Waals surface area contributed by atoms with Crippen molar-refractivity contribution in [3.8, 4) is 11.1 Å². The van der Waals surface area contributed by atoms with Crippen LogP contribution in [0.1, 0.15) is 0 Å². The zero-order valence-electron chi connectivity index (χ0n) is 8.23. The summed E-state index contributed by atoms with van der Waals surface area (Å²) in [6.45, 7) is 0. The number of aromatic amines is 1. The maximum Gasteiger partial charge on any atom is 0.264 e. The topological polar surface area (TPSA) is 45.8 Å². The van der Waals surface area contributed by atoms with Crippen LogP contribution in [0, 0.1) is 0 Å². The fourth-order valence-electron chi connectivity index (χ4n) is 1.32. The summed E-state index contributed by atoms with van der Waals surface area (Å²) in [4.78, 5) is 12.3. The van der Waals surface area contributed by atoms with E-state index in [9.17, 15) is 4.79 Å². The van der Waals surface area contributed by atoms with Crippen molar-refractivity contribution in [3.63, 3.8) is 0 Å². The first-order chi connectivity index (χ1) is 7.29. The van der Waals surface area contributed by atoms with E-state index in [0.717, 1.165) is 11.1 Å². The highest BCUT2D eigenvalue weighted by molar-refractivity contribution is 7.98. The molecule has 1 aromatic carbocycles. The normalized spacial score (nSPS) is 10.2. The molecule has 4 heteroatoms. The molecule has 0 aliphatic rings. The minimum absolute atomic E-state index is 0.179. The maximum absolute atomic E-state index is 11.1. The van der Waals surface area contributed by atoms with Crippen LogP contribution in [-0.2, 0) is 0 Å². The zero-order valence-corrected chi connectivity index (χ0v) is 9.04. The SMILES string of the molecule is CSc1ccc(-c2cn[nH]c(=O)c2)cc1. The van der Waals surface area contributed by atoms with E-state index < -0.39 is 0 Å². The smallest absolute Gasteiger partial charge is 0.264 e. The van der Waals surface area contributed by atoms with E-state index in [1.807, 2.05) is 30.5 Å². The van der Waals surface area contributed by atoms with Gasteiger partial charge in [-0.05, 0) is 24.0 Å². The molecule has 1 aromatic heterocycles. The largest absolute Gasteiger partial charge is 0.268 e. The van der Waals surface area contributed by atoms with Crippen molar-refractivity contribution in [1.82, 2.24) is 10.2 Å². The van der Waals surface area contributed by atoms with Gasteiger partial charge in [-0.3, -0.25) is 4.79 Å². The third kappa shape index (κ3) is 2.27. The number of hydrogen-bond acceptors (Lipinski definition) is 3. The molecular formula is C11H10N2OS. The van der Waals surface area contributed by atoms with Gasteiger partial charge in [-0.2, -0.15) is 5.10 Å². The van der Waals surface area contributed by atoms with Crippen molar-refractivity contribution < 1.29 is 0 Å².